The fourth-order valence-corrected chi connectivity index (χ4v) is 4.72. The first kappa shape index (κ1) is 12.6. The predicted octanol–water partition coefficient (Wildman–Crippen LogP) is 3.21. The van der Waals surface area contributed by atoms with Gasteiger partial charge in [-0.2, -0.15) is 0 Å². The van der Waals surface area contributed by atoms with Crippen LogP contribution in [0.15, 0.2) is 35.2 Å². The topological polar surface area (TPSA) is 43.4 Å². The third-order valence-corrected chi connectivity index (χ3v) is 5.56. The Morgan fingerprint density at radius 1 is 1.42 bits per heavy atom. The summed E-state index contributed by atoms with van der Waals surface area (Å²) in [5, 5.41) is 0. The molecule has 1 aliphatic rings. The summed E-state index contributed by atoms with van der Waals surface area (Å²) in [6.07, 6.45) is 0. The molecule has 1 aromatic heterocycles. The molecule has 0 bridgehead atoms. The van der Waals surface area contributed by atoms with E-state index in [4.69, 9.17) is 4.74 Å². The molecule has 0 N–H and O–H groups in total. The molecule has 98 valence electrons. The van der Waals surface area contributed by atoms with Gasteiger partial charge in [0.05, 0.1) is 23.2 Å². The van der Waals surface area contributed by atoms with E-state index in [9.17, 15) is 9.00 Å². The van der Waals surface area contributed by atoms with Crippen molar-refractivity contribution in [1.82, 2.24) is 0 Å². The zero-order valence-corrected chi connectivity index (χ0v) is 12.0. The van der Waals surface area contributed by atoms with Crippen molar-refractivity contribution in [3.8, 4) is 10.4 Å². The molecule has 2 heterocycles. The van der Waals surface area contributed by atoms with E-state index in [1.807, 2.05) is 30.3 Å². The van der Waals surface area contributed by atoms with E-state index in [0.717, 1.165) is 20.9 Å². The van der Waals surface area contributed by atoms with Crippen molar-refractivity contribution in [2.75, 3.05) is 6.61 Å². The van der Waals surface area contributed by atoms with Gasteiger partial charge >= 0.3 is 5.97 Å². The number of carbonyl (C=O) groups excluding carboxylic acids is 1. The lowest BCUT2D eigenvalue weighted by molar-refractivity contribution is 0.0532. The summed E-state index contributed by atoms with van der Waals surface area (Å²) in [7, 11) is -1.03. The molecule has 3 rings (SSSR count). The van der Waals surface area contributed by atoms with E-state index in [1.165, 1.54) is 11.3 Å². The molecule has 0 saturated carbocycles. The molecule has 1 atom stereocenters. The summed E-state index contributed by atoms with van der Waals surface area (Å²) < 4.78 is 17.2. The van der Waals surface area contributed by atoms with Crippen molar-refractivity contribution in [3.63, 3.8) is 0 Å². The molecule has 2 aromatic rings. The standard InChI is InChI=1S/C14H12O3S2/c1-2-17-14(15)11-7-9-8-19(16)12-6-4-3-5-10(12)13(9)18-11/h3-7H,2,8H2,1H3. The summed E-state index contributed by atoms with van der Waals surface area (Å²) in [4.78, 5) is 14.2. The van der Waals surface area contributed by atoms with Gasteiger partial charge in [0.15, 0.2) is 0 Å². The SMILES string of the molecule is CCOC(=O)c1cc2c(s1)-c1ccccc1S(=O)C2. The summed E-state index contributed by atoms with van der Waals surface area (Å²) in [5.74, 6) is 0.174. The van der Waals surface area contributed by atoms with Gasteiger partial charge in [0.1, 0.15) is 4.88 Å². The van der Waals surface area contributed by atoms with Crippen LogP contribution in [0.5, 0.6) is 0 Å². The molecule has 1 aromatic carbocycles. The highest BCUT2D eigenvalue weighted by Crippen LogP contribution is 2.41. The van der Waals surface area contributed by atoms with Crippen LogP contribution in [0.25, 0.3) is 10.4 Å². The van der Waals surface area contributed by atoms with Crippen LogP contribution >= 0.6 is 11.3 Å². The number of carbonyl (C=O) groups is 1. The second-order valence-electron chi connectivity index (χ2n) is 4.17. The lowest BCUT2D eigenvalue weighted by Gasteiger charge is -2.14. The maximum absolute atomic E-state index is 12.2. The van der Waals surface area contributed by atoms with Crippen LogP contribution in [0.4, 0.5) is 0 Å². The summed E-state index contributed by atoms with van der Waals surface area (Å²) in [5.41, 5.74) is 1.95. The van der Waals surface area contributed by atoms with Gasteiger partial charge in [0, 0.05) is 15.3 Å². The van der Waals surface area contributed by atoms with E-state index in [-0.39, 0.29) is 5.97 Å². The molecular weight excluding hydrogens is 280 g/mol. The number of thiophene rings is 1. The zero-order chi connectivity index (χ0) is 13.4. The maximum atomic E-state index is 12.2. The minimum atomic E-state index is -1.03. The molecular formula is C14H12O3S2. The number of hydrogen-bond donors (Lipinski definition) is 0. The molecule has 0 saturated heterocycles. The first-order valence-corrected chi connectivity index (χ1v) is 8.12. The molecule has 0 amide bonds. The van der Waals surface area contributed by atoms with Crippen molar-refractivity contribution in [2.45, 2.75) is 17.6 Å². The number of rotatable bonds is 2. The Morgan fingerprint density at radius 2 is 2.21 bits per heavy atom. The Balaban J connectivity index is 2.10. The Kier molecular flexibility index (Phi) is 3.24. The Bertz CT molecular complexity index is 673. The largest absolute Gasteiger partial charge is 0.462 e. The van der Waals surface area contributed by atoms with Crippen molar-refractivity contribution >= 4 is 28.1 Å². The van der Waals surface area contributed by atoms with Crippen LogP contribution in [-0.4, -0.2) is 16.8 Å². The van der Waals surface area contributed by atoms with E-state index in [1.54, 1.807) is 6.92 Å². The van der Waals surface area contributed by atoms with Gasteiger partial charge in [0.25, 0.3) is 0 Å². The smallest absolute Gasteiger partial charge is 0.348 e. The number of esters is 1. The van der Waals surface area contributed by atoms with Gasteiger partial charge in [-0.05, 0) is 24.6 Å². The predicted molar refractivity (Wildman–Crippen MR) is 75.8 cm³/mol. The van der Waals surface area contributed by atoms with Crippen molar-refractivity contribution in [2.24, 2.45) is 0 Å². The van der Waals surface area contributed by atoms with E-state index in [2.05, 4.69) is 0 Å². The van der Waals surface area contributed by atoms with Crippen LogP contribution in [0.1, 0.15) is 22.2 Å². The lowest BCUT2D eigenvalue weighted by atomic mass is 10.1. The summed E-state index contributed by atoms with van der Waals surface area (Å²) >= 11 is 1.42. The quantitative estimate of drug-likeness (QED) is 0.798. The minimum absolute atomic E-state index is 0.301. The molecule has 5 heteroatoms. The molecule has 0 radical (unpaired) electrons. The van der Waals surface area contributed by atoms with Crippen LogP contribution < -0.4 is 0 Å². The fourth-order valence-electron chi connectivity index (χ4n) is 2.14. The van der Waals surface area contributed by atoms with E-state index in [0.29, 0.717) is 17.2 Å². The van der Waals surface area contributed by atoms with Gasteiger partial charge in [-0.15, -0.1) is 11.3 Å². The summed E-state index contributed by atoms with van der Waals surface area (Å²) in [6.45, 7) is 2.15. The highest BCUT2D eigenvalue weighted by Gasteiger charge is 2.25. The highest BCUT2D eigenvalue weighted by molar-refractivity contribution is 7.84. The van der Waals surface area contributed by atoms with Gasteiger partial charge in [-0.25, -0.2) is 4.79 Å². The zero-order valence-electron chi connectivity index (χ0n) is 10.3. The fraction of sp³-hybridized carbons (Fsp3) is 0.214. The third kappa shape index (κ3) is 2.13. The normalized spacial score (nSPS) is 16.6. The van der Waals surface area contributed by atoms with Crippen LogP contribution in [-0.2, 0) is 21.3 Å². The maximum Gasteiger partial charge on any atom is 0.348 e. The van der Waals surface area contributed by atoms with Gasteiger partial charge in [-0.3, -0.25) is 4.21 Å². The van der Waals surface area contributed by atoms with Crippen LogP contribution in [0.3, 0.4) is 0 Å². The third-order valence-electron chi connectivity index (χ3n) is 2.95. The Morgan fingerprint density at radius 3 is 3.00 bits per heavy atom. The average molecular weight is 292 g/mol. The monoisotopic (exact) mass is 292 g/mol. The minimum Gasteiger partial charge on any atom is -0.462 e. The molecule has 1 unspecified atom stereocenters. The molecule has 19 heavy (non-hydrogen) atoms. The summed E-state index contributed by atoms with van der Waals surface area (Å²) in [6, 6.07) is 9.47. The lowest BCUT2D eigenvalue weighted by Crippen LogP contribution is -2.04. The van der Waals surface area contributed by atoms with Crippen LogP contribution in [0.2, 0.25) is 0 Å². The van der Waals surface area contributed by atoms with Crippen molar-refractivity contribution < 1.29 is 13.7 Å². The van der Waals surface area contributed by atoms with Gasteiger partial charge in [-0.1, -0.05) is 18.2 Å². The first-order chi connectivity index (χ1) is 9.20. The number of hydrogen-bond acceptors (Lipinski definition) is 4. The molecule has 0 aliphatic carbocycles. The van der Waals surface area contributed by atoms with E-state index < -0.39 is 10.8 Å². The second kappa shape index (κ2) is 4.90. The van der Waals surface area contributed by atoms with Gasteiger partial charge in [0.2, 0.25) is 0 Å². The number of ether oxygens (including phenoxy) is 1. The van der Waals surface area contributed by atoms with E-state index >= 15 is 0 Å². The molecule has 1 aliphatic heterocycles. The first-order valence-electron chi connectivity index (χ1n) is 5.98. The molecule has 3 nitrogen and oxygen atoms in total. The van der Waals surface area contributed by atoms with Crippen LogP contribution in [0, 0.1) is 0 Å². The second-order valence-corrected chi connectivity index (χ2v) is 6.64. The Labute approximate surface area is 117 Å². The van der Waals surface area contributed by atoms with Gasteiger partial charge < -0.3 is 4.74 Å². The number of benzene rings is 1. The molecule has 0 fully saturated rings. The van der Waals surface area contributed by atoms with Crippen molar-refractivity contribution in [1.29, 1.82) is 0 Å². The van der Waals surface area contributed by atoms with Crippen molar-refractivity contribution in [3.05, 3.63) is 40.8 Å². The Hall–Kier alpha value is -1.46. The number of fused-ring (bicyclic) bond motifs is 3. The average Bonchev–Trinajstić information content (AvgIpc) is 2.83. The molecule has 0 spiro atoms. The highest BCUT2D eigenvalue weighted by atomic mass is 32.2.